The lowest BCUT2D eigenvalue weighted by Crippen LogP contribution is -2.05. The molecule has 0 saturated carbocycles. The van der Waals surface area contributed by atoms with Crippen molar-refractivity contribution in [3.8, 4) is 39.9 Å². The number of aromatic nitrogens is 4. The van der Waals surface area contributed by atoms with Crippen molar-refractivity contribution < 1.29 is 15.3 Å². The highest BCUT2D eigenvalue weighted by molar-refractivity contribution is 5.87. The van der Waals surface area contributed by atoms with Crippen molar-refractivity contribution in [2.75, 3.05) is 0 Å². The summed E-state index contributed by atoms with van der Waals surface area (Å²) in [5.41, 5.74) is 2.44. The van der Waals surface area contributed by atoms with Gasteiger partial charge in [-0.3, -0.25) is 4.98 Å². The highest BCUT2D eigenvalue weighted by Gasteiger charge is 2.25. The van der Waals surface area contributed by atoms with E-state index in [0.717, 1.165) is 13.0 Å². The minimum absolute atomic E-state index is 0.131. The van der Waals surface area contributed by atoms with Gasteiger partial charge in [-0.05, 0) is 36.2 Å². The molecule has 1 aromatic carbocycles. The molecule has 0 saturated heterocycles. The second-order valence-corrected chi connectivity index (χ2v) is 6.46. The highest BCUT2D eigenvalue weighted by Crippen LogP contribution is 2.46. The number of phenolic OH excluding ortho intramolecular Hbond substituents is 1. The third-order valence-corrected chi connectivity index (χ3v) is 4.63. The lowest BCUT2D eigenvalue weighted by atomic mass is 10.0. The Morgan fingerprint density at radius 3 is 2.39 bits per heavy atom. The number of phenols is 1. The number of hydrogen-bond donors (Lipinski definition) is 3. The molecular weight excluding hydrogens is 356 g/mol. The predicted molar refractivity (Wildman–Crippen MR) is 105 cm³/mol. The average Bonchev–Trinajstić information content (AvgIpc) is 3.32. The van der Waals surface area contributed by atoms with Gasteiger partial charge >= 0.3 is 0 Å². The number of imidazole rings is 1. The van der Waals surface area contributed by atoms with Crippen LogP contribution in [0.3, 0.4) is 0 Å². The Bertz CT molecular complexity index is 1060. The van der Waals surface area contributed by atoms with Crippen LogP contribution in [0.1, 0.15) is 6.42 Å². The van der Waals surface area contributed by atoms with Gasteiger partial charge in [-0.2, -0.15) is 0 Å². The Morgan fingerprint density at radius 1 is 0.893 bits per heavy atom. The Balaban J connectivity index is 1.78. The fourth-order valence-electron chi connectivity index (χ4n) is 3.31. The molecule has 4 aromatic rings. The summed E-state index contributed by atoms with van der Waals surface area (Å²) in [4.78, 5) is 8.45. The van der Waals surface area contributed by atoms with Crippen LogP contribution in [0, 0.1) is 0 Å². The minimum Gasteiger partial charge on any atom is -0.508 e. The molecule has 0 spiro atoms. The van der Waals surface area contributed by atoms with E-state index in [1.807, 2.05) is 29.0 Å². The normalized spacial score (nSPS) is 11.0. The first-order chi connectivity index (χ1) is 13.6. The van der Waals surface area contributed by atoms with E-state index in [2.05, 4.69) is 9.97 Å². The molecule has 0 radical (unpaired) electrons. The number of nitrogens with zero attached hydrogens (tertiary/aromatic N) is 4. The molecule has 0 atom stereocenters. The maximum absolute atomic E-state index is 10.7. The lowest BCUT2D eigenvalue weighted by molar-refractivity contribution is 0.368. The quantitative estimate of drug-likeness (QED) is 0.478. The zero-order valence-electron chi connectivity index (χ0n) is 15.1. The molecule has 0 unspecified atom stereocenters. The van der Waals surface area contributed by atoms with Crippen LogP contribution in [0.4, 0.5) is 0 Å². The van der Waals surface area contributed by atoms with Gasteiger partial charge in [-0.15, -0.1) is 0 Å². The van der Waals surface area contributed by atoms with E-state index >= 15 is 0 Å². The van der Waals surface area contributed by atoms with Crippen molar-refractivity contribution in [3.63, 3.8) is 0 Å². The monoisotopic (exact) mass is 376 g/mol. The van der Waals surface area contributed by atoms with Gasteiger partial charge in [0, 0.05) is 31.7 Å². The largest absolute Gasteiger partial charge is 0.508 e. The molecule has 3 heterocycles. The van der Waals surface area contributed by atoms with E-state index in [0.29, 0.717) is 29.1 Å². The number of aromatic hydroxyl groups is 3. The van der Waals surface area contributed by atoms with Crippen molar-refractivity contribution in [1.29, 1.82) is 0 Å². The van der Waals surface area contributed by atoms with Gasteiger partial charge in [0.1, 0.15) is 5.75 Å². The van der Waals surface area contributed by atoms with Crippen molar-refractivity contribution in [3.05, 3.63) is 67.4 Å². The summed E-state index contributed by atoms with van der Waals surface area (Å²) < 4.78 is 3.64. The second kappa shape index (κ2) is 7.48. The van der Waals surface area contributed by atoms with Gasteiger partial charge in [0.15, 0.2) is 5.75 Å². The molecule has 0 aliphatic rings. The second-order valence-electron chi connectivity index (χ2n) is 6.46. The minimum atomic E-state index is -0.200. The molecule has 4 rings (SSSR count). The molecule has 0 aliphatic carbocycles. The molecule has 0 amide bonds. The summed E-state index contributed by atoms with van der Waals surface area (Å²) >= 11 is 0. The predicted octanol–water partition coefficient (Wildman–Crippen LogP) is 3.62. The number of aryl methyl sites for hydroxylation is 1. The van der Waals surface area contributed by atoms with Gasteiger partial charge in [-0.1, -0.05) is 18.2 Å². The van der Waals surface area contributed by atoms with E-state index in [4.69, 9.17) is 0 Å². The van der Waals surface area contributed by atoms with E-state index in [-0.39, 0.29) is 17.4 Å². The fourth-order valence-corrected chi connectivity index (χ4v) is 3.31. The van der Waals surface area contributed by atoms with Gasteiger partial charge in [0.05, 0.1) is 23.3 Å². The summed E-state index contributed by atoms with van der Waals surface area (Å²) in [6.07, 6.45) is 7.75. The van der Waals surface area contributed by atoms with E-state index in [1.54, 1.807) is 47.6 Å². The first-order valence-corrected chi connectivity index (χ1v) is 8.96. The van der Waals surface area contributed by atoms with E-state index in [1.165, 1.54) is 0 Å². The Labute approximate surface area is 161 Å². The zero-order chi connectivity index (χ0) is 19.5. The van der Waals surface area contributed by atoms with Crippen LogP contribution in [0.25, 0.3) is 22.5 Å². The molecule has 7 nitrogen and oxygen atoms in total. The molecule has 3 N–H and O–H groups in total. The summed E-state index contributed by atoms with van der Waals surface area (Å²) in [6.45, 7) is 1.22. The van der Waals surface area contributed by atoms with E-state index in [9.17, 15) is 15.3 Å². The Hall–Kier alpha value is -3.74. The highest BCUT2D eigenvalue weighted by atomic mass is 16.3. The average molecular weight is 376 g/mol. The van der Waals surface area contributed by atoms with Gasteiger partial charge < -0.3 is 24.5 Å². The maximum atomic E-state index is 10.7. The van der Waals surface area contributed by atoms with Crippen molar-refractivity contribution in [2.24, 2.45) is 0 Å². The van der Waals surface area contributed by atoms with Gasteiger partial charge in [0.2, 0.25) is 5.88 Å². The molecule has 0 fully saturated rings. The molecule has 3 aromatic heterocycles. The van der Waals surface area contributed by atoms with Crippen LogP contribution in [0.2, 0.25) is 0 Å². The number of benzene rings is 1. The van der Waals surface area contributed by atoms with Crippen LogP contribution in [0.15, 0.2) is 67.4 Å². The standard InChI is InChI=1S/C21H20N4O3/c26-16-7-5-15(6-8-16)18-19(17-4-1-2-9-23-17)25(21(28)20(18)27)12-3-11-24-13-10-22-14-24/h1-2,4-10,13-14,26-28H,3,11-12H2. The van der Waals surface area contributed by atoms with Gasteiger partial charge in [0.25, 0.3) is 0 Å². The third kappa shape index (κ3) is 3.29. The third-order valence-electron chi connectivity index (χ3n) is 4.63. The van der Waals surface area contributed by atoms with Crippen LogP contribution < -0.4 is 0 Å². The Kier molecular flexibility index (Phi) is 4.72. The van der Waals surface area contributed by atoms with Crippen LogP contribution >= 0.6 is 0 Å². The molecule has 7 heteroatoms. The molecule has 0 aliphatic heterocycles. The van der Waals surface area contributed by atoms with Crippen LogP contribution in [-0.4, -0.2) is 34.4 Å². The summed E-state index contributed by atoms with van der Waals surface area (Å²) in [6, 6.07) is 12.0. The zero-order valence-corrected chi connectivity index (χ0v) is 15.1. The maximum Gasteiger partial charge on any atom is 0.235 e. The van der Waals surface area contributed by atoms with Crippen LogP contribution in [-0.2, 0) is 13.1 Å². The first-order valence-electron chi connectivity index (χ1n) is 8.96. The lowest BCUT2D eigenvalue weighted by Gasteiger charge is -2.12. The number of pyridine rings is 1. The molecule has 0 bridgehead atoms. The SMILES string of the molecule is Oc1ccc(-c2c(O)c(O)n(CCCn3ccnc3)c2-c2ccccn2)cc1. The van der Waals surface area contributed by atoms with Crippen LogP contribution in [0.5, 0.6) is 17.4 Å². The Morgan fingerprint density at radius 2 is 1.71 bits per heavy atom. The number of rotatable bonds is 6. The smallest absolute Gasteiger partial charge is 0.235 e. The van der Waals surface area contributed by atoms with Crippen molar-refractivity contribution in [2.45, 2.75) is 19.5 Å². The molecular formula is C21H20N4O3. The van der Waals surface area contributed by atoms with Crippen molar-refractivity contribution in [1.82, 2.24) is 19.1 Å². The molecule has 142 valence electrons. The molecule has 28 heavy (non-hydrogen) atoms. The first kappa shape index (κ1) is 17.7. The van der Waals surface area contributed by atoms with Crippen molar-refractivity contribution >= 4 is 0 Å². The summed E-state index contributed by atoms with van der Waals surface area (Å²) in [5, 5.41) is 30.9. The topological polar surface area (TPSA) is 96.3 Å². The van der Waals surface area contributed by atoms with E-state index < -0.39 is 0 Å². The number of hydrogen-bond acceptors (Lipinski definition) is 5. The summed E-state index contributed by atoms with van der Waals surface area (Å²) in [5.74, 6) is -0.269. The van der Waals surface area contributed by atoms with Gasteiger partial charge in [-0.25, -0.2) is 4.98 Å². The summed E-state index contributed by atoms with van der Waals surface area (Å²) in [7, 11) is 0. The fraction of sp³-hybridized carbons (Fsp3) is 0.143.